The highest BCUT2D eigenvalue weighted by Gasteiger charge is 2.43. The Kier molecular flexibility index (Phi) is 5.69. The topological polar surface area (TPSA) is 69.6 Å². The van der Waals surface area contributed by atoms with E-state index in [9.17, 15) is 27.9 Å². The molecule has 2 amide bonds. The Morgan fingerprint density at radius 3 is 2.42 bits per heavy atom. The molecule has 1 aromatic carbocycles. The van der Waals surface area contributed by atoms with Crippen LogP contribution in [0.3, 0.4) is 0 Å². The fourth-order valence-electron chi connectivity index (χ4n) is 2.71. The summed E-state index contributed by atoms with van der Waals surface area (Å²) in [6.45, 7) is 0.184. The number of amides is 2. The SMILES string of the molecule is O=C(NCCc1ccccc1O)C1CCN(C(=O)C(F)(F)F)CC1. The van der Waals surface area contributed by atoms with E-state index < -0.39 is 18.0 Å². The predicted molar refractivity (Wildman–Crippen MR) is 80.2 cm³/mol. The number of rotatable bonds is 4. The van der Waals surface area contributed by atoms with Gasteiger partial charge in [-0.1, -0.05) is 18.2 Å². The normalized spacial score (nSPS) is 16.0. The standard InChI is InChI=1S/C16H19F3N2O3/c17-16(18,19)15(24)21-9-6-12(7-10-21)14(23)20-8-5-11-3-1-2-4-13(11)22/h1-4,12,22H,5-10H2,(H,20,23). The first-order valence-electron chi connectivity index (χ1n) is 7.69. The number of piperidine rings is 1. The van der Waals surface area contributed by atoms with E-state index in [1.807, 2.05) is 0 Å². The minimum atomic E-state index is -4.87. The second-order valence-corrected chi connectivity index (χ2v) is 5.73. The monoisotopic (exact) mass is 344 g/mol. The van der Waals surface area contributed by atoms with Crippen molar-refractivity contribution in [3.8, 4) is 5.75 Å². The van der Waals surface area contributed by atoms with Gasteiger partial charge in [0.1, 0.15) is 5.75 Å². The number of benzene rings is 1. The van der Waals surface area contributed by atoms with Crippen molar-refractivity contribution in [1.82, 2.24) is 10.2 Å². The number of para-hydroxylation sites is 1. The number of carbonyl (C=O) groups is 2. The molecular formula is C16H19F3N2O3. The number of halogens is 3. The van der Waals surface area contributed by atoms with Gasteiger partial charge >= 0.3 is 12.1 Å². The van der Waals surface area contributed by atoms with E-state index in [1.54, 1.807) is 24.3 Å². The second-order valence-electron chi connectivity index (χ2n) is 5.73. The van der Waals surface area contributed by atoms with Gasteiger partial charge in [-0.25, -0.2) is 0 Å². The van der Waals surface area contributed by atoms with Crippen molar-refractivity contribution in [2.24, 2.45) is 5.92 Å². The molecule has 0 spiro atoms. The van der Waals surface area contributed by atoms with Gasteiger partial charge in [0.2, 0.25) is 5.91 Å². The van der Waals surface area contributed by atoms with Gasteiger partial charge in [-0.3, -0.25) is 9.59 Å². The Bertz CT molecular complexity index is 596. The molecule has 0 bridgehead atoms. The molecule has 0 aromatic heterocycles. The number of phenols is 1. The molecule has 0 radical (unpaired) electrons. The highest BCUT2D eigenvalue weighted by Crippen LogP contribution is 2.24. The van der Waals surface area contributed by atoms with E-state index in [4.69, 9.17) is 0 Å². The molecule has 1 aliphatic heterocycles. The third-order valence-corrected chi connectivity index (χ3v) is 4.08. The van der Waals surface area contributed by atoms with Gasteiger partial charge in [0.15, 0.2) is 0 Å². The van der Waals surface area contributed by atoms with E-state index in [0.717, 1.165) is 4.90 Å². The average Bonchev–Trinajstić information content (AvgIpc) is 2.55. The van der Waals surface area contributed by atoms with E-state index >= 15 is 0 Å². The lowest BCUT2D eigenvalue weighted by molar-refractivity contribution is -0.186. The molecule has 0 unspecified atom stereocenters. The van der Waals surface area contributed by atoms with Crippen LogP contribution in [0.5, 0.6) is 5.75 Å². The molecule has 1 aliphatic rings. The van der Waals surface area contributed by atoms with Crippen LogP contribution in [0, 0.1) is 5.92 Å². The number of hydrogen-bond donors (Lipinski definition) is 2. The molecule has 1 heterocycles. The van der Waals surface area contributed by atoms with Crippen LogP contribution in [0.25, 0.3) is 0 Å². The minimum absolute atomic E-state index is 0.0735. The molecule has 132 valence electrons. The highest BCUT2D eigenvalue weighted by atomic mass is 19.4. The highest BCUT2D eigenvalue weighted by molar-refractivity contribution is 5.83. The summed E-state index contributed by atoms with van der Waals surface area (Å²) in [7, 11) is 0. The first kappa shape index (κ1) is 18.1. The van der Waals surface area contributed by atoms with E-state index in [2.05, 4.69) is 5.32 Å². The number of aromatic hydroxyl groups is 1. The van der Waals surface area contributed by atoms with Crippen molar-refractivity contribution in [1.29, 1.82) is 0 Å². The number of nitrogens with one attached hydrogen (secondary N) is 1. The maximum absolute atomic E-state index is 12.4. The van der Waals surface area contributed by atoms with Crippen LogP contribution in [0.1, 0.15) is 18.4 Å². The minimum Gasteiger partial charge on any atom is -0.508 e. The number of hydrogen-bond acceptors (Lipinski definition) is 3. The van der Waals surface area contributed by atoms with E-state index in [1.165, 1.54) is 0 Å². The van der Waals surface area contributed by atoms with Crippen LogP contribution in [-0.2, 0) is 16.0 Å². The van der Waals surface area contributed by atoms with Crippen molar-refractivity contribution >= 4 is 11.8 Å². The molecule has 1 saturated heterocycles. The average molecular weight is 344 g/mol. The predicted octanol–water partition coefficient (Wildman–Crippen LogP) is 1.85. The maximum atomic E-state index is 12.4. The molecule has 2 N–H and O–H groups in total. The molecule has 24 heavy (non-hydrogen) atoms. The Labute approximate surface area is 137 Å². The van der Waals surface area contributed by atoms with Crippen molar-refractivity contribution in [2.75, 3.05) is 19.6 Å². The van der Waals surface area contributed by atoms with Crippen molar-refractivity contribution in [3.63, 3.8) is 0 Å². The number of alkyl halides is 3. The molecule has 2 rings (SSSR count). The van der Waals surface area contributed by atoms with Crippen molar-refractivity contribution in [3.05, 3.63) is 29.8 Å². The first-order valence-corrected chi connectivity index (χ1v) is 7.69. The molecule has 5 nitrogen and oxygen atoms in total. The summed E-state index contributed by atoms with van der Waals surface area (Å²) >= 11 is 0. The molecule has 0 atom stereocenters. The largest absolute Gasteiger partial charge is 0.508 e. The molecule has 8 heteroatoms. The lowest BCUT2D eigenvalue weighted by atomic mass is 9.95. The second kappa shape index (κ2) is 7.55. The first-order chi connectivity index (χ1) is 11.3. The summed E-state index contributed by atoms with van der Waals surface area (Å²) < 4.78 is 37.1. The van der Waals surface area contributed by atoms with Crippen LogP contribution < -0.4 is 5.32 Å². The lowest BCUT2D eigenvalue weighted by Crippen LogP contribution is -2.47. The quantitative estimate of drug-likeness (QED) is 0.876. The van der Waals surface area contributed by atoms with Gasteiger partial charge < -0.3 is 15.3 Å². The van der Waals surface area contributed by atoms with Gasteiger partial charge in [-0.05, 0) is 30.9 Å². The van der Waals surface area contributed by atoms with Crippen LogP contribution in [0.15, 0.2) is 24.3 Å². The number of likely N-dealkylation sites (tertiary alicyclic amines) is 1. The summed E-state index contributed by atoms with van der Waals surface area (Å²) in [5.41, 5.74) is 0.711. The molecule has 1 fully saturated rings. The van der Waals surface area contributed by atoms with Gasteiger partial charge in [0.25, 0.3) is 0 Å². The van der Waals surface area contributed by atoms with Gasteiger partial charge in [0.05, 0.1) is 0 Å². The van der Waals surface area contributed by atoms with Crippen LogP contribution in [0.4, 0.5) is 13.2 Å². The van der Waals surface area contributed by atoms with E-state index in [-0.39, 0.29) is 37.6 Å². The molecule has 0 saturated carbocycles. The van der Waals surface area contributed by atoms with Crippen LogP contribution >= 0.6 is 0 Å². The Morgan fingerprint density at radius 1 is 1.21 bits per heavy atom. The van der Waals surface area contributed by atoms with Crippen molar-refractivity contribution < 1.29 is 27.9 Å². The summed E-state index contributed by atoms with van der Waals surface area (Å²) in [6.07, 6.45) is -3.98. The number of carbonyl (C=O) groups excluding carboxylic acids is 2. The molecule has 1 aromatic rings. The lowest BCUT2D eigenvalue weighted by Gasteiger charge is -2.31. The summed E-state index contributed by atoms with van der Waals surface area (Å²) in [6, 6.07) is 6.80. The van der Waals surface area contributed by atoms with E-state index in [0.29, 0.717) is 18.5 Å². The molecule has 0 aliphatic carbocycles. The fourth-order valence-corrected chi connectivity index (χ4v) is 2.71. The summed E-state index contributed by atoms with van der Waals surface area (Å²) in [4.78, 5) is 23.9. The third-order valence-electron chi connectivity index (χ3n) is 4.08. The number of nitrogens with zero attached hydrogens (tertiary/aromatic N) is 1. The zero-order valence-corrected chi connectivity index (χ0v) is 13.0. The van der Waals surface area contributed by atoms with Crippen LogP contribution in [0.2, 0.25) is 0 Å². The smallest absolute Gasteiger partial charge is 0.471 e. The Morgan fingerprint density at radius 2 is 1.83 bits per heavy atom. The maximum Gasteiger partial charge on any atom is 0.471 e. The summed E-state index contributed by atoms with van der Waals surface area (Å²) in [5, 5.41) is 12.4. The van der Waals surface area contributed by atoms with Crippen LogP contribution in [-0.4, -0.2) is 47.6 Å². The van der Waals surface area contributed by atoms with Gasteiger partial charge in [-0.2, -0.15) is 13.2 Å². The van der Waals surface area contributed by atoms with Crippen molar-refractivity contribution in [2.45, 2.75) is 25.4 Å². The number of phenolic OH excluding ortho intramolecular Hbond substituents is 1. The molecular weight excluding hydrogens is 325 g/mol. The summed E-state index contributed by atoms with van der Waals surface area (Å²) in [5.74, 6) is -2.32. The van der Waals surface area contributed by atoms with Gasteiger partial charge in [0, 0.05) is 25.6 Å². The Hall–Kier alpha value is -2.25. The fraction of sp³-hybridized carbons (Fsp3) is 0.500. The zero-order chi connectivity index (χ0) is 17.7. The Balaban J connectivity index is 1.75. The third kappa shape index (κ3) is 4.62. The zero-order valence-electron chi connectivity index (χ0n) is 13.0. The van der Waals surface area contributed by atoms with Gasteiger partial charge in [-0.15, -0.1) is 0 Å².